The van der Waals surface area contributed by atoms with Gasteiger partial charge in [-0.3, -0.25) is 0 Å². The molecule has 0 fully saturated rings. The van der Waals surface area contributed by atoms with Gasteiger partial charge in [0.1, 0.15) is 0 Å². The third kappa shape index (κ3) is 1.81. The third-order valence-corrected chi connectivity index (χ3v) is 2.58. The molecule has 0 aliphatic rings. The lowest BCUT2D eigenvalue weighted by molar-refractivity contribution is 0.358. The number of rotatable bonds is 1. The van der Waals surface area contributed by atoms with Crippen LogP contribution in [0.1, 0.15) is 5.56 Å². The first-order valence-corrected chi connectivity index (χ1v) is 5.05. The van der Waals surface area contributed by atoms with Gasteiger partial charge >= 0.3 is 0 Å². The van der Waals surface area contributed by atoms with Crippen LogP contribution in [0.5, 0.6) is 5.75 Å². The van der Waals surface area contributed by atoms with Crippen LogP contribution >= 0.6 is 0 Å². The SMILES string of the molecule is Cc1ccc(-c2c(F)c(F)c(O)c(F)c2F)cc1. The number of hydrogen-bond donors (Lipinski definition) is 1. The van der Waals surface area contributed by atoms with Crippen molar-refractivity contribution in [3.05, 3.63) is 53.1 Å². The van der Waals surface area contributed by atoms with Crippen molar-refractivity contribution in [2.75, 3.05) is 0 Å². The van der Waals surface area contributed by atoms with E-state index >= 15 is 0 Å². The fourth-order valence-electron chi connectivity index (χ4n) is 1.59. The van der Waals surface area contributed by atoms with E-state index in [1.165, 1.54) is 12.1 Å². The number of aromatic hydroxyl groups is 1. The summed E-state index contributed by atoms with van der Waals surface area (Å²) in [6, 6.07) is 5.78. The second-order valence-electron chi connectivity index (χ2n) is 3.85. The molecule has 1 N–H and O–H groups in total. The van der Waals surface area contributed by atoms with Gasteiger partial charge in [0, 0.05) is 0 Å². The first-order valence-electron chi connectivity index (χ1n) is 5.05. The highest BCUT2D eigenvalue weighted by molar-refractivity contribution is 5.66. The first-order chi connectivity index (χ1) is 8.43. The van der Waals surface area contributed by atoms with Crippen molar-refractivity contribution in [3.63, 3.8) is 0 Å². The van der Waals surface area contributed by atoms with Gasteiger partial charge in [-0.2, -0.15) is 8.78 Å². The van der Waals surface area contributed by atoms with Crippen molar-refractivity contribution < 1.29 is 22.7 Å². The Morgan fingerprint density at radius 3 is 1.67 bits per heavy atom. The summed E-state index contributed by atoms with van der Waals surface area (Å²) < 4.78 is 53.4. The second-order valence-corrected chi connectivity index (χ2v) is 3.85. The number of halogens is 4. The maximum absolute atomic E-state index is 13.5. The molecule has 5 heteroatoms. The number of benzene rings is 2. The number of aryl methyl sites for hydroxylation is 1. The number of phenols is 1. The summed E-state index contributed by atoms with van der Waals surface area (Å²) in [5.74, 6) is -8.49. The highest BCUT2D eigenvalue weighted by Crippen LogP contribution is 2.34. The van der Waals surface area contributed by atoms with Gasteiger partial charge in [-0.05, 0) is 12.5 Å². The molecule has 94 valence electrons. The average molecular weight is 256 g/mol. The van der Waals surface area contributed by atoms with E-state index in [0.29, 0.717) is 0 Å². The Hall–Kier alpha value is -2.04. The van der Waals surface area contributed by atoms with E-state index in [0.717, 1.165) is 5.56 Å². The van der Waals surface area contributed by atoms with Crippen molar-refractivity contribution in [2.45, 2.75) is 6.92 Å². The summed E-state index contributed by atoms with van der Waals surface area (Å²) in [7, 11) is 0. The second kappa shape index (κ2) is 4.33. The van der Waals surface area contributed by atoms with E-state index in [1.54, 1.807) is 19.1 Å². The zero-order valence-electron chi connectivity index (χ0n) is 9.27. The van der Waals surface area contributed by atoms with Crippen LogP contribution in [-0.2, 0) is 0 Å². The van der Waals surface area contributed by atoms with Crippen molar-refractivity contribution >= 4 is 0 Å². The lowest BCUT2D eigenvalue weighted by Crippen LogP contribution is -1.99. The van der Waals surface area contributed by atoms with Crippen LogP contribution in [0.15, 0.2) is 24.3 Å². The molecule has 0 spiro atoms. The molecule has 0 radical (unpaired) electrons. The van der Waals surface area contributed by atoms with Gasteiger partial charge in [0.15, 0.2) is 17.4 Å². The van der Waals surface area contributed by atoms with Gasteiger partial charge in [0.2, 0.25) is 11.6 Å². The molecule has 0 atom stereocenters. The maximum atomic E-state index is 13.5. The van der Waals surface area contributed by atoms with E-state index in [4.69, 9.17) is 5.11 Å². The topological polar surface area (TPSA) is 20.2 Å². The Morgan fingerprint density at radius 2 is 1.22 bits per heavy atom. The monoisotopic (exact) mass is 256 g/mol. The maximum Gasteiger partial charge on any atom is 0.204 e. The minimum Gasteiger partial charge on any atom is -0.503 e. The van der Waals surface area contributed by atoms with Crippen LogP contribution in [0, 0.1) is 30.2 Å². The Labute approximate surface area is 100 Å². The van der Waals surface area contributed by atoms with Crippen molar-refractivity contribution in [2.24, 2.45) is 0 Å². The Balaban J connectivity index is 2.75. The fraction of sp³-hybridized carbons (Fsp3) is 0.0769. The summed E-state index contributed by atoms with van der Waals surface area (Å²) in [6.45, 7) is 1.76. The normalized spacial score (nSPS) is 10.7. The summed E-state index contributed by atoms with van der Waals surface area (Å²) >= 11 is 0. The third-order valence-electron chi connectivity index (χ3n) is 2.58. The van der Waals surface area contributed by atoms with Crippen molar-refractivity contribution in [1.29, 1.82) is 0 Å². The molecule has 0 aliphatic heterocycles. The molecule has 0 saturated heterocycles. The molecule has 0 amide bonds. The van der Waals surface area contributed by atoms with Gasteiger partial charge < -0.3 is 5.11 Å². The molecule has 1 nitrogen and oxygen atoms in total. The lowest BCUT2D eigenvalue weighted by Gasteiger charge is -2.09. The Morgan fingerprint density at radius 1 is 0.778 bits per heavy atom. The van der Waals surface area contributed by atoms with E-state index in [2.05, 4.69) is 0 Å². The fourth-order valence-corrected chi connectivity index (χ4v) is 1.59. The molecule has 2 aromatic carbocycles. The zero-order chi connectivity index (χ0) is 13.4. The quantitative estimate of drug-likeness (QED) is 0.605. The summed E-state index contributed by atoms with van der Waals surface area (Å²) in [6.07, 6.45) is 0. The highest BCUT2D eigenvalue weighted by atomic mass is 19.2. The molecule has 18 heavy (non-hydrogen) atoms. The van der Waals surface area contributed by atoms with Crippen LogP contribution in [0.2, 0.25) is 0 Å². The molecule has 0 heterocycles. The van der Waals surface area contributed by atoms with E-state index < -0.39 is 34.6 Å². The standard InChI is InChI=1S/C13H8F4O/c1-6-2-4-7(5-3-6)8-9(14)11(16)13(18)12(17)10(8)15/h2-5,18H,1H3. The van der Waals surface area contributed by atoms with Crippen LogP contribution in [0.25, 0.3) is 11.1 Å². The molecule has 0 aromatic heterocycles. The van der Waals surface area contributed by atoms with Crippen molar-refractivity contribution in [1.82, 2.24) is 0 Å². The summed E-state index contributed by atoms with van der Waals surface area (Å²) in [4.78, 5) is 0. The lowest BCUT2D eigenvalue weighted by atomic mass is 10.0. The van der Waals surface area contributed by atoms with Gasteiger partial charge in [0.25, 0.3) is 0 Å². The Bertz CT molecular complexity index is 576. The van der Waals surface area contributed by atoms with Crippen LogP contribution < -0.4 is 0 Å². The largest absolute Gasteiger partial charge is 0.503 e. The summed E-state index contributed by atoms with van der Waals surface area (Å²) in [5, 5.41) is 8.85. The molecular weight excluding hydrogens is 248 g/mol. The van der Waals surface area contributed by atoms with Gasteiger partial charge in [0.05, 0.1) is 5.56 Å². The predicted octanol–water partition coefficient (Wildman–Crippen LogP) is 3.92. The Kier molecular flexibility index (Phi) is 2.98. The van der Waals surface area contributed by atoms with Crippen molar-refractivity contribution in [3.8, 4) is 16.9 Å². The smallest absolute Gasteiger partial charge is 0.204 e. The van der Waals surface area contributed by atoms with E-state index in [1.807, 2.05) is 0 Å². The number of phenolic OH excluding ortho intramolecular Hbond substituents is 1. The first kappa shape index (κ1) is 12.4. The molecule has 0 bridgehead atoms. The molecule has 2 aromatic rings. The van der Waals surface area contributed by atoms with Crippen LogP contribution in [-0.4, -0.2) is 5.11 Å². The molecule has 2 rings (SSSR count). The zero-order valence-corrected chi connectivity index (χ0v) is 9.27. The minimum absolute atomic E-state index is 0.00611. The van der Waals surface area contributed by atoms with Gasteiger partial charge in [-0.15, -0.1) is 0 Å². The molecule has 0 aliphatic carbocycles. The molecule has 0 unspecified atom stereocenters. The highest BCUT2D eigenvalue weighted by Gasteiger charge is 2.25. The predicted molar refractivity (Wildman–Crippen MR) is 58.1 cm³/mol. The van der Waals surface area contributed by atoms with Crippen LogP contribution in [0.4, 0.5) is 17.6 Å². The molecule has 0 saturated carbocycles. The minimum atomic E-state index is -1.80. The van der Waals surface area contributed by atoms with E-state index in [-0.39, 0.29) is 5.56 Å². The van der Waals surface area contributed by atoms with Gasteiger partial charge in [-0.25, -0.2) is 8.78 Å². The van der Waals surface area contributed by atoms with Crippen LogP contribution in [0.3, 0.4) is 0 Å². The van der Waals surface area contributed by atoms with Gasteiger partial charge in [-0.1, -0.05) is 29.8 Å². The molecular formula is C13H8F4O. The van der Waals surface area contributed by atoms with E-state index in [9.17, 15) is 17.6 Å². The summed E-state index contributed by atoms with van der Waals surface area (Å²) in [5.41, 5.74) is -0.00418. The number of hydrogen-bond acceptors (Lipinski definition) is 1. The average Bonchev–Trinajstić information content (AvgIpc) is 2.36.